The smallest absolute Gasteiger partial charge is 0.110 e. The maximum Gasteiger partial charge on any atom is 0.110 e. The van der Waals surface area contributed by atoms with Crippen molar-refractivity contribution in [2.75, 3.05) is 6.61 Å². The van der Waals surface area contributed by atoms with Crippen molar-refractivity contribution in [3.05, 3.63) is 0 Å². The van der Waals surface area contributed by atoms with Gasteiger partial charge in [-0.2, -0.15) is 0 Å². The molecular formula is C6H12O4. The number of rotatable bonds is 0. The molecule has 1 heterocycles. The van der Waals surface area contributed by atoms with Crippen molar-refractivity contribution in [3.63, 3.8) is 0 Å². The summed E-state index contributed by atoms with van der Waals surface area (Å²) in [7, 11) is 0. The van der Waals surface area contributed by atoms with Crippen LogP contribution in [0.3, 0.4) is 0 Å². The average Bonchev–Trinajstić information content (AvgIpc) is 1.93. The average molecular weight is 148 g/mol. The fraction of sp³-hybridized carbons (Fsp3) is 1.00. The monoisotopic (exact) mass is 148 g/mol. The normalized spacial score (nSPS) is 49.2. The van der Waals surface area contributed by atoms with Crippen LogP contribution in [0.2, 0.25) is 0 Å². The minimum absolute atomic E-state index is 0.0966. The van der Waals surface area contributed by atoms with Gasteiger partial charge in [0.1, 0.15) is 18.3 Å². The van der Waals surface area contributed by atoms with Gasteiger partial charge in [0, 0.05) is 0 Å². The lowest BCUT2D eigenvalue weighted by Gasteiger charge is -2.33. The molecule has 0 aliphatic carbocycles. The zero-order chi connectivity index (χ0) is 7.72. The standard InChI is InChI=1S/C6H12O4/c1-3-5(8)6(9)4(7)2-10-3/h3-9H,2H2,1H3/t3?,4-,5?,6?/m1/s1. The Morgan fingerprint density at radius 2 is 1.80 bits per heavy atom. The van der Waals surface area contributed by atoms with Gasteiger partial charge in [-0.1, -0.05) is 0 Å². The molecule has 4 heteroatoms. The molecule has 0 aromatic rings. The summed E-state index contributed by atoms with van der Waals surface area (Å²) < 4.78 is 4.91. The van der Waals surface area contributed by atoms with Gasteiger partial charge in [0.05, 0.1) is 12.7 Å². The maximum atomic E-state index is 9.08. The van der Waals surface area contributed by atoms with Crippen LogP contribution in [0.1, 0.15) is 6.92 Å². The summed E-state index contributed by atoms with van der Waals surface area (Å²) in [4.78, 5) is 0. The van der Waals surface area contributed by atoms with E-state index in [9.17, 15) is 0 Å². The molecule has 1 aliphatic heterocycles. The van der Waals surface area contributed by atoms with Crippen LogP contribution in [0.5, 0.6) is 0 Å². The summed E-state index contributed by atoms with van der Waals surface area (Å²) in [6.45, 7) is 1.75. The quantitative estimate of drug-likeness (QED) is 0.390. The summed E-state index contributed by atoms with van der Waals surface area (Å²) in [5, 5.41) is 27.0. The van der Waals surface area contributed by atoms with Gasteiger partial charge in [0.25, 0.3) is 0 Å². The van der Waals surface area contributed by atoms with E-state index in [1.165, 1.54) is 0 Å². The fourth-order valence-corrected chi connectivity index (χ4v) is 0.953. The van der Waals surface area contributed by atoms with Crippen molar-refractivity contribution in [2.24, 2.45) is 0 Å². The Hall–Kier alpha value is -0.160. The summed E-state index contributed by atoms with van der Waals surface area (Å²) >= 11 is 0. The van der Waals surface area contributed by atoms with E-state index in [-0.39, 0.29) is 6.61 Å². The van der Waals surface area contributed by atoms with E-state index in [0.717, 1.165) is 0 Å². The lowest BCUT2D eigenvalue weighted by molar-refractivity contribution is -0.181. The Kier molecular flexibility index (Phi) is 2.25. The van der Waals surface area contributed by atoms with E-state index in [4.69, 9.17) is 20.1 Å². The highest BCUT2D eigenvalue weighted by Gasteiger charge is 2.34. The first-order valence-electron chi connectivity index (χ1n) is 3.28. The van der Waals surface area contributed by atoms with E-state index < -0.39 is 24.4 Å². The fourth-order valence-electron chi connectivity index (χ4n) is 0.953. The molecule has 10 heavy (non-hydrogen) atoms. The third-order valence-corrected chi connectivity index (χ3v) is 1.75. The van der Waals surface area contributed by atoms with Gasteiger partial charge < -0.3 is 20.1 Å². The molecule has 0 amide bonds. The van der Waals surface area contributed by atoms with Gasteiger partial charge in [-0.15, -0.1) is 0 Å². The highest BCUT2D eigenvalue weighted by Crippen LogP contribution is 2.14. The lowest BCUT2D eigenvalue weighted by atomic mass is 10.0. The van der Waals surface area contributed by atoms with Gasteiger partial charge in [-0.3, -0.25) is 0 Å². The molecule has 4 atom stereocenters. The number of aliphatic hydroxyl groups is 3. The Morgan fingerprint density at radius 3 is 2.30 bits per heavy atom. The predicted octanol–water partition coefficient (Wildman–Crippen LogP) is -1.51. The number of hydrogen-bond donors (Lipinski definition) is 3. The van der Waals surface area contributed by atoms with Gasteiger partial charge in [-0.05, 0) is 6.92 Å². The van der Waals surface area contributed by atoms with Crippen molar-refractivity contribution in [3.8, 4) is 0 Å². The predicted molar refractivity (Wildman–Crippen MR) is 33.4 cm³/mol. The second kappa shape index (κ2) is 2.84. The molecule has 3 unspecified atom stereocenters. The Bertz CT molecular complexity index is 102. The molecule has 0 bridgehead atoms. The minimum atomic E-state index is -1.07. The summed E-state index contributed by atoms with van der Waals surface area (Å²) in [5.74, 6) is 0. The first kappa shape index (κ1) is 7.94. The third-order valence-electron chi connectivity index (χ3n) is 1.75. The van der Waals surface area contributed by atoms with Crippen LogP contribution in [0.4, 0.5) is 0 Å². The molecule has 0 aromatic heterocycles. The number of ether oxygens (including phenoxy) is 1. The van der Waals surface area contributed by atoms with E-state index >= 15 is 0 Å². The van der Waals surface area contributed by atoms with Crippen LogP contribution in [-0.4, -0.2) is 46.3 Å². The van der Waals surface area contributed by atoms with Crippen LogP contribution in [0.15, 0.2) is 0 Å². The highest BCUT2D eigenvalue weighted by molar-refractivity contribution is 4.83. The molecule has 1 fully saturated rings. The first-order chi connectivity index (χ1) is 4.63. The summed E-state index contributed by atoms with van der Waals surface area (Å²) in [6.07, 6.45) is -3.38. The van der Waals surface area contributed by atoms with Gasteiger partial charge >= 0.3 is 0 Å². The van der Waals surface area contributed by atoms with Crippen molar-refractivity contribution in [2.45, 2.75) is 31.3 Å². The van der Waals surface area contributed by atoms with E-state index in [0.29, 0.717) is 0 Å². The minimum Gasteiger partial charge on any atom is -0.388 e. The molecule has 3 N–H and O–H groups in total. The summed E-state index contributed by atoms with van der Waals surface area (Å²) in [5.41, 5.74) is 0. The second-order valence-corrected chi connectivity index (χ2v) is 2.59. The van der Waals surface area contributed by atoms with Crippen molar-refractivity contribution in [1.29, 1.82) is 0 Å². The van der Waals surface area contributed by atoms with E-state index in [2.05, 4.69) is 0 Å². The van der Waals surface area contributed by atoms with Crippen LogP contribution in [0, 0.1) is 0 Å². The van der Waals surface area contributed by atoms with Crippen molar-refractivity contribution in [1.82, 2.24) is 0 Å². The molecule has 0 spiro atoms. The lowest BCUT2D eigenvalue weighted by Crippen LogP contribution is -2.51. The molecule has 4 nitrogen and oxygen atoms in total. The molecule has 0 aromatic carbocycles. The van der Waals surface area contributed by atoms with Gasteiger partial charge in [-0.25, -0.2) is 0 Å². The van der Waals surface area contributed by atoms with E-state index in [1.807, 2.05) is 0 Å². The molecule has 1 rings (SSSR count). The van der Waals surface area contributed by atoms with E-state index in [1.54, 1.807) is 6.92 Å². The number of aliphatic hydroxyl groups excluding tert-OH is 3. The first-order valence-corrected chi connectivity index (χ1v) is 3.28. The Labute approximate surface area is 59.1 Å². The number of hydrogen-bond acceptors (Lipinski definition) is 4. The Balaban J connectivity index is 2.52. The zero-order valence-electron chi connectivity index (χ0n) is 5.77. The maximum absolute atomic E-state index is 9.08. The zero-order valence-corrected chi connectivity index (χ0v) is 5.77. The van der Waals surface area contributed by atoms with Crippen LogP contribution < -0.4 is 0 Å². The molecule has 60 valence electrons. The SMILES string of the molecule is CC1OC[C@@H](O)C(O)C1O. The Morgan fingerprint density at radius 1 is 1.20 bits per heavy atom. The highest BCUT2D eigenvalue weighted by atomic mass is 16.5. The molecule has 1 saturated heterocycles. The van der Waals surface area contributed by atoms with Gasteiger partial charge in [0.15, 0.2) is 0 Å². The molecule has 0 saturated carbocycles. The largest absolute Gasteiger partial charge is 0.388 e. The van der Waals surface area contributed by atoms with Gasteiger partial charge in [0.2, 0.25) is 0 Å². The second-order valence-electron chi connectivity index (χ2n) is 2.59. The van der Waals surface area contributed by atoms with Crippen molar-refractivity contribution < 1.29 is 20.1 Å². The topological polar surface area (TPSA) is 69.9 Å². The van der Waals surface area contributed by atoms with Crippen LogP contribution in [0.25, 0.3) is 0 Å². The molecule has 0 radical (unpaired) electrons. The summed E-state index contributed by atoms with van der Waals surface area (Å²) in [6, 6.07) is 0. The molecule has 1 aliphatic rings. The van der Waals surface area contributed by atoms with Crippen LogP contribution in [-0.2, 0) is 4.74 Å². The third kappa shape index (κ3) is 1.29. The van der Waals surface area contributed by atoms with Crippen LogP contribution >= 0.6 is 0 Å². The molecular weight excluding hydrogens is 136 g/mol. The van der Waals surface area contributed by atoms with Crippen molar-refractivity contribution >= 4 is 0 Å².